The van der Waals surface area contributed by atoms with E-state index in [0.717, 1.165) is 10.4 Å². The van der Waals surface area contributed by atoms with E-state index in [2.05, 4.69) is 10.6 Å². The summed E-state index contributed by atoms with van der Waals surface area (Å²) in [6, 6.07) is 17.2. The second kappa shape index (κ2) is 10.3. The molecule has 10 nitrogen and oxygen atoms in total. The lowest BCUT2D eigenvalue weighted by atomic mass is 10.1. The van der Waals surface area contributed by atoms with Crippen LogP contribution in [-0.4, -0.2) is 44.3 Å². The molecular weight excluding hydrogens is 460 g/mol. The van der Waals surface area contributed by atoms with Crippen molar-refractivity contribution in [3.63, 3.8) is 0 Å². The predicted octanol–water partition coefficient (Wildman–Crippen LogP) is 4.24. The number of hydrogen-bond acceptors (Lipinski definition) is 7. The van der Waals surface area contributed by atoms with Crippen LogP contribution in [0, 0.1) is 10.1 Å². The Hall–Kier alpha value is -3.96. The predicted molar refractivity (Wildman–Crippen MR) is 129 cm³/mol. The van der Waals surface area contributed by atoms with Crippen LogP contribution in [0.25, 0.3) is 0 Å². The highest BCUT2D eigenvalue weighted by molar-refractivity contribution is 7.89. The molecule has 0 bridgehead atoms. The van der Waals surface area contributed by atoms with E-state index in [0.29, 0.717) is 5.69 Å². The fourth-order valence-corrected chi connectivity index (χ4v) is 4.12. The molecule has 0 saturated carbocycles. The van der Waals surface area contributed by atoms with Crippen LogP contribution in [0.3, 0.4) is 0 Å². The quantitative estimate of drug-likeness (QED) is 0.343. The first kappa shape index (κ1) is 24.7. The van der Waals surface area contributed by atoms with E-state index >= 15 is 0 Å². The van der Waals surface area contributed by atoms with Crippen molar-refractivity contribution in [3.8, 4) is 5.75 Å². The number of para-hydroxylation sites is 1. The second-order valence-corrected chi connectivity index (χ2v) is 9.44. The molecule has 0 fully saturated rings. The first-order valence-corrected chi connectivity index (χ1v) is 11.7. The molecule has 3 aromatic carbocycles. The molecule has 0 unspecified atom stereocenters. The van der Waals surface area contributed by atoms with E-state index in [4.69, 9.17) is 4.74 Å². The van der Waals surface area contributed by atoms with Crippen LogP contribution in [-0.2, 0) is 10.0 Å². The number of carbonyl (C=O) groups excluding carboxylic acids is 1. The van der Waals surface area contributed by atoms with E-state index in [9.17, 15) is 23.3 Å². The molecule has 3 rings (SSSR count). The number of sulfonamides is 1. The third-order valence-electron chi connectivity index (χ3n) is 4.77. The number of benzene rings is 3. The standard InChI is InChI=1S/C23H24N4O6S/c1-4-33-21-13-11-18(15-22(21)34(31,32)26(2)3)25-23(28)16-10-12-19(20(14-16)27(29)30)24-17-8-6-5-7-9-17/h5-15,24H,4H2,1-3H3,(H,25,28). The lowest BCUT2D eigenvalue weighted by Crippen LogP contribution is -2.23. The maximum atomic E-state index is 12.8. The highest BCUT2D eigenvalue weighted by atomic mass is 32.2. The van der Waals surface area contributed by atoms with Crippen molar-refractivity contribution in [2.45, 2.75) is 11.8 Å². The number of nitrogens with one attached hydrogen (secondary N) is 2. The summed E-state index contributed by atoms with van der Waals surface area (Å²) in [5.41, 5.74) is 0.846. The van der Waals surface area contributed by atoms with Crippen molar-refractivity contribution in [2.24, 2.45) is 0 Å². The zero-order valence-electron chi connectivity index (χ0n) is 18.8. The lowest BCUT2D eigenvalue weighted by Gasteiger charge is -2.16. The van der Waals surface area contributed by atoms with Crippen LogP contribution in [0.2, 0.25) is 0 Å². The van der Waals surface area contributed by atoms with Gasteiger partial charge in [0.25, 0.3) is 11.6 Å². The summed E-state index contributed by atoms with van der Waals surface area (Å²) in [5, 5.41) is 17.2. The maximum Gasteiger partial charge on any atom is 0.293 e. The Morgan fingerprint density at radius 1 is 1.03 bits per heavy atom. The fourth-order valence-electron chi connectivity index (χ4n) is 3.07. The Morgan fingerprint density at radius 3 is 2.35 bits per heavy atom. The molecule has 0 aromatic heterocycles. The van der Waals surface area contributed by atoms with Crippen molar-refractivity contribution in [2.75, 3.05) is 31.3 Å². The normalized spacial score (nSPS) is 11.2. The van der Waals surface area contributed by atoms with Gasteiger partial charge < -0.3 is 15.4 Å². The Kier molecular flexibility index (Phi) is 7.49. The first-order valence-electron chi connectivity index (χ1n) is 10.2. The fraction of sp³-hybridized carbons (Fsp3) is 0.174. The van der Waals surface area contributed by atoms with E-state index in [1.807, 2.05) is 6.07 Å². The summed E-state index contributed by atoms with van der Waals surface area (Å²) in [4.78, 5) is 23.7. The van der Waals surface area contributed by atoms with Gasteiger partial charge in [-0.3, -0.25) is 14.9 Å². The van der Waals surface area contributed by atoms with Crippen molar-refractivity contribution in [3.05, 3.63) is 82.4 Å². The zero-order valence-corrected chi connectivity index (χ0v) is 19.6. The van der Waals surface area contributed by atoms with Gasteiger partial charge in [-0.25, -0.2) is 12.7 Å². The molecule has 2 N–H and O–H groups in total. The molecule has 11 heteroatoms. The molecule has 34 heavy (non-hydrogen) atoms. The Morgan fingerprint density at radius 2 is 1.74 bits per heavy atom. The van der Waals surface area contributed by atoms with Gasteiger partial charge in [-0.1, -0.05) is 18.2 Å². The van der Waals surface area contributed by atoms with Crippen molar-refractivity contribution < 1.29 is 22.9 Å². The van der Waals surface area contributed by atoms with Gasteiger partial charge in [-0.2, -0.15) is 0 Å². The van der Waals surface area contributed by atoms with Gasteiger partial charge >= 0.3 is 0 Å². The molecule has 0 spiro atoms. The molecular formula is C23H24N4O6S. The lowest BCUT2D eigenvalue weighted by molar-refractivity contribution is -0.383. The third kappa shape index (κ3) is 5.50. The van der Waals surface area contributed by atoms with Gasteiger partial charge in [0.05, 0.1) is 11.5 Å². The summed E-state index contributed by atoms with van der Waals surface area (Å²) in [6.45, 7) is 1.99. The number of ether oxygens (including phenoxy) is 1. The zero-order chi connectivity index (χ0) is 24.9. The number of nitrogens with zero attached hydrogens (tertiary/aromatic N) is 2. The average Bonchev–Trinajstić information content (AvgIpc) is 2.80. The van der Waals surface area contributed by atoms with Crippen LogP contribution in [0.4, 0.5) is 22.7 Å². The molecule has 0 aliphatic carbocycles. The largest absolute Gasteiger partial charge is 0.492 e. The minimum atomic E-state index is -3.85. The van der Waals surface area contributed by atoms with Gasteiger partial charge in [0.1, 0.15) is 16.3 Å². The van der Waals surface area contributed by atoms with Gasteiger partial charge in [-0.15, -0.1) is 0 Å². The molecule has 1 amide bonds. The number of amides is 1. The van der Waals surface area contributed by atoms with E-state index in [1.165, 1.54) is 44.4 Å². The van der Waals surface area contributed by atoms with Crippen molar-refractivity contribution in [1.82, 2.24) is 4.31 Å². The van der Waals surface area contributed by atoms with Crippen molar-refractivity contribution >= 4 is 38.7 Å². The maximum absolute atomic E-state index is 12.8. The molecule has 0 saturated heterocycles. The number of hydrogen-bond donors (Lipinski definition) is 2. The average molecular weight is 485 g/mol. The Balaban J connectivity index is 1.90. The minimum Gasteiger partial charge on any atom is -0.492 e. The van der Waals surface area contributed by atoms with Crippen molar-refractivity contribution in [1.29, 1.82) is 0 Å². The SMILES string of the molecule is CCOc1ccc(NC(=O)c2ccc(Nc3ccccc3)c([N+](=O)[O-])c2)cc1S(=O)(=O)N(C)C. The van der Waals surface area contributed by atoms with Crippen LogP contribution in [0.15, 0.2) is 71.6 Å². The van der Waals surface area contributed by atoms with Crippen LogP contribution >= 0.6 is 0 Å². The third-order valence-corrected chi connectivity index (χ3v) is 6.61. The molecule has 0 radical (unpaired) electrons. The molecule has 0 atom stereocenters. The highest BCUT2D eigenvalue weighted by Crippen LogP contribution is 2.31. The molecule has 0 aliphatic rings. The minimum absolute atomic E-state index is 0.0382. The van der Waals surface area contributed by atoms with E-state index in [1.54, 1.807) is 31.2 Å². The van der Waals surface area contributed by atoms with Crippen LogP contribution in [0.1, 0.15) is 17.3 Å². The summed E-state index contributed by atoms with van der Waals surface area (Å²) in [5.74, 6) is -0.479. The molecule has 178 valence electrons. The molecule has 0 heterocycles. The van der Waals surface area contributed by atoms with E-state index in [-0.39, 0.29) is 39.9 Å². The van der Waals surface area contributed by atoms with Gasteiger partial charge in [0.2, 0.25) is 10.0 Å². The Labute approximate surface area is 197 Å². The van der Waals surface area contributed by atoms with Crippen LogP contribution < -0.4 is 15.4 Å². The summed E-state index contributed by atoms with van der Waals surface area (Å²) >= 11 is 0. The topological polar surface area (TPSA) is 131 Å². The second-order valence-electron chi connectivity index (χ2n) is 7.32. The smallest absolute Gasteiger partial charge is 0.293 e. The number of rotatable bonds is 9. The highest BCUT2D eigenvalue weighted by Gasteiger charge is 2.24. The monoisotopic (exact) mass is 484 g/mol. The van der Waals surface area contributed by atoms with E-state index < -0.39 is 20.9 Å². The number of nitro groups is 1. The van der Waals surface area contributed by atoms with Gasteiger partial charge in [0, 0.05) is 37.1 Å². The Bertz CT molecular complexity index is 1310. The number of nitro benzene ring substituents is 1. The first-order chi connectivity index (χ1) is 16.1. The van der Waals surface area contributed by atoms with Gasteiger partial charge in [0.15, 0.2) is 0 Å². The van der Waals surface area contributed by atoms with Gasteiger partial charge in [-0.05, 0) is 49.4 Å². The summed E-state index contributed by atoms with van der Waals surface area (Å²) in [6.07, 6.45) is 0. The summed E-state index contributed by atoms with van der Waals surface area (Å²) in [7, 11) is -1.07. The number of carbonyl (C=O) groups is 1. The molecule has 0 aliphatic heterocycles. The van der Waals surface area contributed by atoms with Crippen LogP contribution in [0.5, 0.6) is 5.75 Å². The molecule has 3 aromatic rings. The number of anilines is 3. The summed E-state index contributed by atoms with van der Waals surface area (Å²) < 4.78 is 31.8.